The molecule has 0 aromatic heterocycles. The van der Waals surface area contributed by atoms with Crippen molar-refractivity contribution in [3.8, 4) is 0 Å². The lowest BCUT2D eigenvalue weighted by atomic mass is 10.1. The molecule has 0 amide bonds. The zero-order valence-corrected chi connectivity index (χ0v) is 11.9. The molecule has 2 atom stereocenters. The third kappa shape index (κ3) is 4.94. The number of aliphatic hydroxyl groups excluding tert-OH is 1. The lowest BCUT2D eigenvalue weighted by Gasteiger charge is -2.25. The summed E-state index contributed by atoms with van der Waals surface area (Å²) in [5.74, 6) is 0.528. The predicted octanol–water partition coefficient (Wildman–Crippen LogP) is 1.81. The van der Waals surface area contributed by atoms with Crippen molar-refractivity contribution in [2.75, 3.05) is 39.3 Å². The van der Waals surface area contributed by atoms with E-state index in [0.717, 1.165) is 6.54 Å². The molecule has 1 fully saturated rings. The molecule has 0 aliphatic carbocycles. The molecule has 2 unspecified atom stereocenters. The Morgan fingerprint density at radius 2 is 2.06 bits per heavy atom. The van der Waals surface area contributed by atoms with Gasteiger partial charge in [-0.25, -0.2) is 0 Å². The van der Waals surface area contributed by atoms with Gasteiger partial charge in [-0.2, -0.15) is 0 Å². The van der Waals surface area contributed by atoms with E-state index in [9.17, 15) is 0 Å². The molecule has 1 aliphatic heterocycles. The van der Waals surface area contributed by atoms with E-state index in [4.69, 9.17) is 5.11 Å². The second-order valence-corrected chi connectivity index (χ2v) is 5.35. The van der Waals surface area contributed by atoms with Gasteiger partial charge in [-0.3, -0.25) is 0 Å². The van der Waals surface area contributed by atoms with Crippen molar-refractivity contribution in [2.45, 2.75) is 46.1 Å². The number of hydrogen-bond donors (Lipinski definition) is 1. The fraction of sp³-hybridized carbons (Fsp3) is 1.00. The molecule has 0 bridgehead atoms. The van der Waals surface area contributed by atoms with Crippen LogP contribution in [0.5, 0.6) is 0 Å². The van der Waals surface area contributed by atoms with Gasteiger partial charge in [0, 0.05) is 19.2 Å². The van der Waals surface area contributed by atoms with Crippen molar-refractivity contribution in [2.24, 2.45) is 5.92 Å². The van der Waals surface area contributed by atoms with E-state index in [0.29, 0.717) is 18.6 Å². The summed E-state index contributed by atoms with van der Waals surface area (Å²) >= 11 is 0. The van der Waals surface area contributed by atoms with Gasteiger partial charge >= 0.3 is 0 Å². The second kappa shape index (κ2) is 8.06. The van der Waals surface area contributed by atoms with Gasteiger partial charge in [0.2, 0.25) is 0 Å². The van der Waals surface area contributed by atoms with Gasteiger partial charge in [-0.05, 0) is 58.3 Å². The molecule has 1 saturated heterocycles. The summed E-state index contributed by atoms with van der Waals surface area (Å²) in [5.41, 5.74) is 0. The van der Waals surface area contributed by atoms with Gasteiger partial charge in [-0.15, -0.1) is 0 Å². The maximum atomic E-state index is 9.14. The lowest BCUT2D eigenvalue weighted by Crippen LogP contribution is -2.32. The first-order valence-electron chi connectivity index (χ1n) is 7.28. The zero-order chi connectivity index (χ0) is 12.7. The topological polar surface area (TPSA) is 26.7 Å². The van der Waals surface area contributed by atoms with Gasteiger partial charge in [0.05, 0.1) is 0 Å². The second-order valence-electron chi connectivity index (χ2n) is 5.35. The standard InChI is InChI=1S/C14H30N2O/c1-4-15(5-2)9-6-7-13(3)16-10-8-14(11-16)12-17/h13-14,17H,4-12H2,1-3H3. The molecular weight excluding hydrogens is 212 g/mol. The van der Waals surface area contributed by atoms with Crippen LogP contribution in [0.1, 0.15) is 40.0 Å². The number of rotatable bonds is 8. The maximum absolute atomic E-state index is 9.14. The summed E-state index contributed by atoms with van der Waals surface area (Å²) in [7, 11) is 0. The first-order valence-corrected chi connectivity index (χ1v) is 7.28. The molecule has 1 aliphatic rings. The molecule has 0 aromatic carbocycles. The summed E-state index contributed by atoms with van der Waals surface area (Å²) in [6.45, 7) is 13.0. The van der Waals surface area contributed by atoms with Crippen molar-refractivity contribution < 1.29 is 5.11 Å². The molecule has 0 aromatic rings. The van der Waals surface area contributed by atoms with Gasteiger partial charge in [-0.1, -0.05) is 13.8 Å². The summed E-state index contributed by atoms with van der Waals surface area (Å²) < 4.78 is 0. The fourth-order valence-corrected chi connectivity index (χ4v) is 2.74. The van der Waals surface area contributed by atoms with Crippen LogP contribution in [0.2, 0.25) is 0 Å². The van der Waals surface area contributed by atoms with E-state index in [-0.39, 0.29) is 0 Å². The third-order valence-corrected chi connectivity index (χ3v) is 4.19. The normalized spacial score (nSPS) is 23.5. The Hall–Kier alpha value is -0.120. The minimum Gasteiger partial charge on any atom is -0.396 e. The van der Waals surface area contributed by atoms with E-state index < -0.39 is 0 Å². The van der Waals surface area contributed by atoms with Crippen LogP contribution in [0.3, 0.4) is 0 Å². The van der Waals surface area contributed by atoms with Crippen LogP contribution in [-0.2, 0) is 0 Å². The highest BCUT2D eigenvalue weighted by Gasteiger charge is 2.24. The van der Waals surface area contributed by atoms with E-state index in [1.54, 1.807) is 0 Å². The number of hydrogen-bond acceptors (Lipinski definition) is 3. The minimum atomic E-state index is 0.364. The Morgan fingerprint density at radius 1 is 1.35 bits per heavy atom. The van der Waals surface area contributed by atoms with Crippen LogP contribution < -0.4 is 0 Å². The van der Waals surface area contributed by atoms with Crippen LogP contribution in [0.4, 0.5) is 0 Å². The van der Waals surface area contributed by atoms with Crippen molar-refractivity contribution in [1.82, 2.24) is 9.80 Å². The number of likely N-dealkylation sites (tertiary alicyclic amines) is 1. The highest BCUT2D eigenvalue weighted by molar-refractivity contribution is 4.79. The molecule has 17 heavy (non-hydrogen) atoms. The maximum Gasteiger partial charge on any atom is 0.0471 e. The highest BCUT2D eigenvalue weighted by atomic mass is 16.3. The molecule has 3 nitrogen and oxygen atoms in total. The average Bonchev–Trinajstić information content (AvgIpc) is 2.83. The Kier molecular flexibility index (Phi) is 7.09. The van der Waals surface area contributed by atoms with Gasteiger partial charge < -0.3 is 14.9 Å². The smallest absolute Gasteiger partial charge is 0.0471 e. The van der Waals surface area contributed by atoms with Crippen LogP contribution in [0.15, 0.2) is 0 Å². The van der Waals surface area contributed by atoms with E-state index in [2.05, 4.69) is 30.6 Å². The molecule has 0 radical (unpaired) electrons. The quantitative estimate of drug-likeness (QED) is 0.703. The Bertz CT molecular complexity index is 195. The fourth-order valence-electron chi connectivity index (χ4n) is 2.74. The number of nitrogens with zero attached hydrogens (tertiary/aromatic N) is 2. The first-order chi connectivity index (χ1) is 8.21. The molecule has 0 saturated carbocycles. The summed E-state index contributed by atoms with van der Waals surface area (Å²) in [6.07, 6.45) is 3.76. The van der Waals surface area contributed by atoms with E-state index in [1.807, 2.05) is 0 Å². The van der Waals surface area contributed by atoms with Crippen molar-refractivity contribution >= 4 is 0 Å². The van der Waals surface area contributed by atoms with Gasteiger partial charge in [0.1, 0.15) is 0 Å². The van der Waals surface area contributed by atoms with Crippen molar-refractivity contribution in [1.29, 1.82) is 0 Å². The largest absolute Gasteiger partial charge is 0.396 e. The summed E-state index contributed by atoms with van der Waals surface area (Å²) in [4.78, 5) is 5.04. The Labute approximate surface area is 107 Å². The molecule has 1 rings (SSSR count). The van der Waals surface area contributed by atoms with Crippen LogP contribution >= 0.6 is 0 Å². The van der Waals surface area contributed by atoms with Gasteiger partial charge in [0.15, 0.2) is 0 Å². The van der Waals surface area contributed by atoms with Crippen molar-refractivity contribution in [3.05, 3.63) is 0 Å². The molecule has 1 heterocycles. The molecule has 3 heteroatoms. The van der Waals surface area contributed by atoms with Gasteiger partial charge in [0.25, 0.3) is 0 Å². The summed E-state index contributed by atoms with van der Waals surface area (Å²) in [6, 6.07) is 0.683. The average molecular weight is 242 g/mol. The van der Waals surface area contributed by atoms with E-state index in [1.165, 1.54) is 45.4 Å². The van der Waals surface area contributed by atoms with Crippen LogP contribution in [0, 0.1) is 5.92 Å². The number of aliphatic hydroxyl groups is 1. The minimum absolute atomic E-state index is 0.364. The SMILES string of the molecule is CCN(CC)CCCC(C)N1CCC(CO)C1. The molecule has 0 spiro atoms. The lowest BCUT2D eigenvalue weighted by molar-refractivity contribution is 0.193. The van der Waals surface area contributed by atoms with Crippen LogP contribution in [-0.4, -0.2) is 60.3 Å². The highest BCUT2D eigenvalue weighted by Crippen LogP contribution is 2.20. The van der Waals surface area contributed by atoms with Crippen LogP contribution in [0.25, 0.3) is 0 Å². The Balaban J connectivity index is 2.15. The molecular formula is C14H30N2O. The van der Waals surface area contributed by atoms with E-state index >= 15 is 0 Å². The third-order valence-electron chi connectivity index (χ3n) is 4.19. The molecule has 102 valence electrons. The van der Waals surface area contributed by atoms with Crippen molar-refractivity contribution in [3.63, 3.8) is 0 Å². The predicted molar refractivity (Wildman–Crippen MR) is 73.2 cm³/mol. The molecule has 1 N–H and O–H groups in total. The summed E-state index contributed by atoms with van der Waals surface area (Å²) in [5, 5.41) is 9.14. The first kappa shape index (κ1) is 14.9. The monoisotopic (exact) mass is 242 g/mol. The Morgan fingerprint density at radius 3 is 2.59 bits per heavy atom. The zero-order valence-electron chi connectivity index (χ0n) is 11.9.